The van der Waals surface area contributed by atoms with Gasteiger partial charge in [-0.25, -0.2) is 9.18 Å². The van der Waals surface area contributed by atoms with E-state index >= 15 is 0 Å². The first-order valence-corrected chi connectivity index (χ1v) is 3.94. The van der Waals surface area contributed by atoms with E-state index in [0.717, 1.165) is 19.2 Å². The van der Waals surface area contributed by atoms with E-state index in [2.05, 4.69) is 4.74 Å². The highest BCUT2D eigenvalue weighted by atomic mass is 19.1. The first kappa shape index (κ1) is 11.5. The van der Waals surface area contributed by atoms with E-state index in [9.17, 15) is 9.18 Å². The van der Waals surface area contributed by atoms with E-state index in [1.54, 1.807) is 0 Å². The third-order valence-electron chi connectivity index (χ3n) is 1.81. The smallest absolute Gasteiger partial charge is 0.488 e. The number of hydrogen-bond donors (Lipinski definition) is 3. The summed E-state index contributed by atoms with van der Waals surface area (Å²) < 4.78 is 17.9. The highest BCUT2D eigenvalue weighted by molar-refractivity contribution is 6.58. The minimum absolute atomic E-state index is 0.172. The number of aromatic carboxylic acids is 1. The van der Waals surface area contributed by atoms with Crippen LogP contribution in [0.2, 0.25) is 0 Å². The molecule has 0 unspecified atom stereocenters. The van der Waals surface area contributed by atoms with E-state index in [0.29, 0.717) is 0 Å². The summed E-state index contributed by atoms with van der Waals surface area (Å²) in [5.74, 6) is -2.82. The highest BCUT2D eigenvalue weighted by Crippen LogP contribution is 2.19. The van der Waals surface area contributed by atoms with Crippen molar-refractivity contribution in [1.82, 2.24) is 0 Å². The monoisotopic (exact) mass is 214 g/mol. The van der Waals surface area contributed by atoms with Crippen LogP contribution in [0.5, 0.6) is 5.75 Å². The maximum atomic E-state index is 13.2. The van der Waals surface area contributed by atoms with Gasteiger partial charge >= 0.3 is 13.1 Å². The van der Waals surface area contributed by atoms with Crippen LogP contribution in [0.1, 0.15) is 10.4 Å². The van der Waals surface area contributed by atoms with Gasteiger partial charge in [0.2, 0.25) is 0 Å². The molecule has 0 amide bonds. The maximum absolute atomic E-state index is 13.2. The molecule has 0 spiro atoms. The van der Waals surface area contributed by atoms with Gasteiger partial charge in [0.05, 0.1) is 7.11 Å². The van der Waals surface area contributed by atoms with Gasteiger partial charge in [0.15, 0.2) is 0 Å². The zero-order valence-corrected chi connectivity index (χ0v) is 7.77. The Kier molecular flexibility index (Phi) is 3.28. The van der Waals surface area contributed by atoms with Crippen molar-refractivity contribution in [2.45, 2.75) is 0 Å². The van der Waals surface area contributed by atoms with E-state index in [4.69, 9.17) is 15.2 Å². The van der Waals surface area contributed by atoms with E-state index in [1.165, 1.54) is 0 Å². The molecule has 0 atom stereocenters. The molecular weight excluding hydrogens is 206 g/mol. The lowest BCUT2D eigenvalue weighted by molar-refractivity contribution is 0.0688. The Morgan fingerprint density at radius 2 is 2.07 bits per heavy atom. The molecule has 1 rings (SSSR count). The highest BCUT2D eigenvalue weighted by Gasteiger charge is 2.22. The average Bonchev–Trinajstić information content (AvgIpc) is 2.15. The Morgan fingerprint density at radius 1 is 1.47 bits per heavy atom. The summed E-state index contributed by atoms with van der Waals surface area (Å²) in [7, 11) is -0.717. The largest absolute Gasteiger partial charge is 0.496 e. The van der Waals surface area contributed by atoms with Gasteiger partial charge in [-0.1, -0.05) is 0 Å². The number of carboxylic acids is 1. The van der Waals surface area contributed by atoms with Gasteiger partial charge in [0, 0.05) is 0 Å². The minimum atomic E-state index is -1.88. The topological polar surface area (TPSA) is 87.0 Å². The fourth-order valence-corrected chi connectivity index (χ4v) is 1.12. The normalized spacial score (nSPS) is 9.87. The van der Waals surface area contributed by atoms with Crippen LogP contribution in [0, 0.1) is 5.82 Å². The van der Waals surface area contributed by atoms with Crippen molar-refractivity contribution in [2.24, 2.45) is 0 Å². The van der Waals surface area contributed by atoms with E-state index in [1.807, 2.05) is 0 Å². The number of hydrogen-bond acceptors (Lipinski definition) is 4. The van der Waals surface area contributed by atoms with Crippen LogP contribution in [0.25, 0.3) is 0 Å². The molecule has 1 aromatic carbocycles. The Hall–Kier alpha value is -1.60. The SMILES string of the molecule is COc1cc(B(O)O)cc(F)c1C(=O)O. The standard InChI is InChI=1S/C8H8BFO5/c1-15-6-3-4(9(13)14)2-5(10)7(6)8(11)12/h2-3,13-14H,1H3,(H,11,12). The van der Waals surface area contributed by atoms with Crippen LogP contribution in [0.3, 0.4) is 0 Å². The summed E-state index contributed by atoms with van der Waals surface area (Å²) in [6.45, 7) is 0. The Balaban J connectivity index is 3.37. The number of carboxylic acid groups (broad SMARTS) is 1. The average molecular weight is 214 g/mol. The maximum Gasteiger partial charge on any atom is 0.488 e. The summed E-state index contributed by atoms with van der Waals surface area (Å²) >= 11 is 0. The van der Waals surface area contributed by atoms with Crippen LogP contribution in [0.15, 0.2) is 12.1 Å². The third-order valence-corrected chi connectivity index (χ3v) is 1.81. The lowest BCUT2D eigenvalue weighted by atomic mass is 9.79. The number of benzene rings is 1. The number of ether oxygens (including phenoxy) is 1. The molecular formula is C8H8BFO5. The lowest BCUT2D eigenvalue weighted by Crippen LogP contribution is -2.31. The van der Waals surface area contributed by atoms with E-state index < -0.39 is 24.5 Å². The van der Waals surface area contributed by atoms with Crippen molar-refractivity contribution in [2.75, 3.05) is 7.11 Å². The van der Waals surface area contributed by atoms with Gasteiger partial charge in [-0.05, 0) is 17.6 Å². The summed E-state index contributed by atoms with van der Waals surface area (Å²) in [6.07, 6.45) is 0. The summed E-state index contributed by atoms with van der Waals surface area (Å²) in [5.41, 5.74) is -0.809. The van der Waals surface area contributed by atoms with Crippen molar-refractivity contribution >= 4 is 18.6 Å². The predicted octanol–water partition coefficient (Wildman–Crippen LogP) is -0.788. The van der Waals surface area contributed by atoms with Gasteiger partial charge < -0.3 is 19.9 Å². The molecule has 0 saturated heterocycles. The lowest BCUT2D eigenvalue weighted by Gasteiger charge is -2.08. The first-order chi connectivity index (χ1) is 6.97. The summed E-state index contributed by atoms with van der Waals surface area (Å²) in [4.78, 5) is 10.6. The molecule has 0 aliphatic carbocycles. The molecule has 0 aromatic heterocycles. The molecule has 0 radical (unpaired) electrons. The molecule has 0 aliphatic heterocycles. The molecule has 80 valence electrons. The Bertz CT molecular complexity index is 393. The van der Waals surface area contributed by atoms with Crippen molar-refractivity contribution < 1.29 is 29.1 Å². The second-order valence-electron chi connectivity index (χ2n) is 2.76. The molecule has 5 nitrogen and oxygen atoms in total. The van der Waals surface area contributed by atoms with Gasteiger partial charge in [-0.3, -0.25) is 0 Å². The second-order valence-corrected chi connectivity index (χ2v) is 2.76. The fourth-order valence-electron chi connectivity index (χ4n) is 1.12. The summed E-state index contributed by atoms with van der Waals surface area (Å²) in [5, 5.41) is 26.2. The molecule has 15 heavy (non-hydrogen) atoms. The Morgan fingerprint density at radius 3 is 2.47 bits per heavy atom. The molecule has 0 aliphatic rings. The fraction of sp³-hybridized carbons (Fsp3) is 0.125. The van der Waals surface area contributed by atoms with Crippen molar-refractivity contribution in [1.29, 1.82) is 0 Å². The third kappa shape index (κ3) is 2.25. The molecule has 7 heteroatoms. The van der Waals surface area contributed by atoms with Gasteiger partial charge in [-0.2, -0.15) is 0 Å². The van der Waals surface area contributed by atoms with Crippen molar-refractivity contribution in [3.8, 4) is 5.75 Å². The molecule has 0 saturated carbocycles. The number of carbonyl (C=O) groups is 1. The molecule has 0 heterocycles. The van der Waals surface area contributed by atoms with Crippen LogP contribution >= 0.6 is 0 Å². The Labute approximate surface area is 84.9 Å². The predicted molar refractivity (Wildman–Crippen MR) is 49.7 cm³/mol. The quantitative estimate of drug-likeness (QED) is 0.574. The van der Waals surface area contributed by atoms with Crippen LogP contribution < -0.4 is 10.2 Å². The van der Waals surface area contributed by atoms with Gasteiger partial charge in [0.25, 0.3) is 0 Å². The molecule has 0 fully saturated rings. The van der Waals surface area contributed by atoms with Crippen LogP contribution in [-0.2, 0) is 0 Å². The second kappa shape index (κ2) is 4.29. The molecule has 1 aromatic rings. The van der Waals surface area contributed by atoms with E-state index in [-0.39, 0.29) is 11.2 Å². The van der Waals surface area contributed by atoms with Crippen LogP contribution in [-0.4, -0.2) is 35.4 Å². The van der Waals surface area contributed by atoms with Gasteiger partial charge in [0.1, 0.15) is 17.1 Å². The number of rotatable bonds is 3. The molecule has 0 bridgehead atoms. The minimum Gasteiger partial charge on any atom is -0.496 e. The number of halogens is 1. The molecule has 3 N–H and O–H groups in total. The van der Waals surface area contributed by atoms with Crippen molar-refractivity contribution in [3.05, 3.63) is 23.5 Å². The summed E-state index contributed by atoms with van der Waals surface area (Å²) in [6, 6.07) is 1.79. The van der Waals surface area contributed by atoms with Crippen LogP contribution in [0.4, 0.5) is 4.39 Å². The first-order valence-electron chi connectivity index (χ1n) is 3.94. The number of methoxy groups -OCH3 is 1. The zero-order chi connectivity index (χ0) is 11.6. The van der Waals surface area contributed by atoms with Crippen molar-refractivity contribution in [3.63, 3.8) is 0 Å². The van der Waals surface area contributed by atoms with Gasteiger partial charge in [-0.15, -0.1) is 0 Å². The zero-order valence-electron chi connectivity index (χ0n) is 7.77.